The van der Waals surface area contributed by atoms with Gasteiger partial charge in [-0.2, -0.15) is 0 Å². The van der Waals surface area contributed by atoms with Crippen LogP contribution >= 0.6 is 0 Å². The Morgan fingerprint density at radius 2 is 1.17 bits per heavy atom. The van der Waals surface area contributed by atoms with E-state index in [0.717, 1.165) is 31.2 Å². The average molecular weight is 687 g/mol. The molecule has 0 spiro atoms. The molecule has 0 bridgehead atoms. The van der Waals surface area contributed by atoms with Gasteiger partial charge >= 0.3 is 59.1 Å². The van der Waals surface area contributed by atoms with Crippen molar-refractivity contribution in [2.75, 3.05) is 10.0 Å². The van der Waals surface area contributed by atoms with Gasteiger partial charge in [-0.1, -0.05) is 101 Å². The molecule has 0 fully saturated rings. The minimum atomic E-state index is -5.47. The van der Waals surface area contributed by atoms with Crippen LogP contribution in [0.25, 0.3) is 0 Å². The summed E-state index contributed by atoms with van der Waals surface area (Å²) in [6.07, 6.45) is 12.6. The molecule has 0 aliphatic heterocycles. The summed E-state index contributed by atoms with van der Waals surface area (Å²) in [7, 11) is -10.8. The summed E-state index contributed by atoms with van der Waals surface area (Å²) in [5, 5.41) is 0. The Morgan fingerprint density at radius 3 is 1.65 bits per heavy atom. The zero-order valence-corrected chi connectivity index (χ0v) is 32.2. The van der Waals surface area contributed by atoms with Crippen LogP contribution in [0.1, 0.15) is 109 Å². The second-order valence-electron chi connectivity index (χ2n) is 11.0. The van der Waals surface area contributed by atoms with Crippen LogP contribution < -0.4 is 69.2 Å². The fraction of sp³-hybridized carbons (Fsp3) is 0.375. The number of carbonyl (C=O) groups excluding carboxylic acids is 2. The number of nitrogens with two attached hydrogens (primary N) is 1. The van der Waals surface area contributed by atoms with Crippen LogP contribution in [0.15, 0.2) is 59.5 Å². The molecule has 0 radical (unpaired) electrons. The summed E-state index contributed by atoms with van der Waals surface area (Å²) >= 11 is 0. The van der Waals surface area contributed by atoms with Gasteiger partial charge in [0, 0.05) is 11.1 Å². The third-order valence-electron chi connectivity index (χ3n) is 7.88. The Balaban J connectivity index is 0.00000368. The molecule has 0 atom stereocenters. The second-order valence-corrected chi connectivity index (χ2v) is 13.6. The third kappa shape index (κ3) is 9.52. The number of fused-ring (bicyclic) bond motifs is 2. The first-order valence-electron chi connectivity index (χ1n) is 14.8. The van der Waals surface area contributed by atoms with Crippen LogP contribution in [0.3, 0.4) is 0 Å². The van der Waals surface area contributed by atoms with Crippen molar-refractivity contribution >= 4 is 49.1 Å². The van der Waals surface area contributed by atoms with E-state index in [0.29, 0.717) is 6.07 Å². The number of anilines is 3. The summed E-state index contributed by atoms with van der Waals surface area (Å²) < 4.78 is 74.6. The maximum absolute atomic E-state index is 13.6. The van der Waals surface area contributed by atoms with Gasteiger partial charge < -0.3 is 14.8 Å². The molecule has 236 valence electrons. The number of carbonyl (C=O) groups is 2. The number of nitrogens with zero attached hydrogens (tertiary/aromatic N) is 1. The molecule has 0 amide bonds. The van der Waals surface area contributed by atoms with Crippen molar-refractivity contribution in [3.63, 3.8) is 0 Å². The van der Waals surface area contributed by atoms with E-state index in [1.54, 1.807) is 12.1 Å². The quantitative estimate of drug-likeness (QED) is 0.0782. The Hall–Kier alpha value is -1.58. The number of unbranched alkanes of at least 4 members (excludes halogenated alkanes) is 9. The Bertz CT molecular complexity index is 1760. The Morgan fingerprint density at radius 1 is 0.696 bits per heavy atom. The van der Waals surface area contributed by atoms with E-state index in [1.807, 2.05) is 0 Å². The molecule has 0 unspecified atom stereocenters. The standard InChI is InChI=1S/C32H38N2O8S2.2Na/c1-2-3-4-5-6-7-8-9-10-11-14-22-17-19-23(20-18-22)34(44(40,41)42)26-21-27(43(37,38)39)30(33)29-28(26)31(35)24-15-12-13-16-25(24)32(29)36;;/h12-13,15-21H,2-11,14,33H2,1H3,(H,37,38,39)(H,40,41,42);;/q;2*+1/p-2. The van der Waals surface area contributed by atoms with Crippen molar-refractivity contribution in [1.29, 1.82) is 0 Å². The van der Waals surface area contributed by atoms with Crippen LogP contribution in [0, 0.1) is 0 Å². The molecule has 3 aromatic carbocycles. The molecule has 10 nitrogen and oxygen atoms in total. The molecule has 2 N–H and O–H groups in total. The van der Waals surface area contributed by atoms with Crippen LogP contribution in [-0.4, -0.2) is 37.5 Å². The third-order valence-corrected chi connectivity index (χ3v) is 9.61. The summed E-state index contributed by atoms with van der Waals surface area (Å²) in [5.41, 5.74) is 3.69. The number of hydrogen-bond donors (Lipinski definition) is 1. The fourth-order valence-electron chi connectivity index (χ4n) is 5.64. The van der Waals surface area contributed by atoms with Gasteiger partial charge in [0.15, 0.2) is 21.9 Å². The van der Waals surface area contributed by atoms with Crippen molar-refractivity contribution in [2.45, 2.75) is 82.4 Å². The topological polar surface area (TPSA) is 178 Å². The summed E-state index contributed by atoms with van der Waals surface area (Å²) in [5.74, 6) is -1.73. The molecule has 0 aromatic heterocycles. The van der Waals surface area contributed by atoms with E-state index in [9.17, 15) is 35.5 Å². The second kappa shape index (κ2) is 17.7. The maximum atomic E-state index is 13.6. The zero-order valence-electron chi connectivity index (χ0n) is 26.6. The molecule has 1 aliphatic carbocycles. The van der Waals surface area contributed by atoms with E-state index in [2.05, 4.69) is 6.92 Å². The number of ketones is 2. The SMILES string of the molecule is CCCCCCCCCCCCc1ccc(N(c2cc(S(=O)(=O)[O-])c(N)c3c2C(=O)c2ccccc2C3=O)S(=O)(=O)[O-])cc1.[Na+].[Na+]. The number of benzene rings is 3. The van der Waals surface area contributed by atoms with Crippen LogP contribution in [0.5, 0.6) is 0 Å². The summed E-state index contributed by atoms with van der Waals surface area (Å²) in [6.45, 7) is 2.20. The van der Waals surface area contributed by atoms with Gasteiger partial charge in [-0.25, -0.2) is 21.1 Å². The van der Waals surface area contributed by atoms with Gasteiger partial charge in [0.05, 0.1) is 33.1 Å². The summed E-state index contributed by atoms with van der Waals surface area (Å²) in [6, 6.07) is 12.2. The van der Waals surface area contributed by atoms with E-state index < -0.39 is 59.4 Å². The maximum Gasteiger partial charge on any atom is 1.00 e. The smallest absolute Gasteiger partial charge is 0.744 e. The van der Waals surface area contributed by atoms with Gasteiger partial charge in [-0.15, -0.1) is 0 Å². The van der Waals surface area contributed by atoms with Crippen molar-refractivity contribution in [1.82, 2.24) is 0 Å². The number of nitrogen functional groups attached to an aromatic ring is 1. The normalized spacial score (nSPS) is 12.5. The molecule has 0 saturated carbocycles. The van der Waals surface area contributed by atoms with Gasteiger partial charge in [0.1, 0.15) is 10.1 Å². The molecule has 1 aliphatic rings. The predicted molar refractivity (Wildman–Crippen MR) is 166 cm³/mol. The molecule has 46 heavy (non-hydrogen) atoms. The minimum absolute atomic E-state index is 0. The number of rotatable bonds is 15. The van der Waals surface area contributed by atoms with Gasteiger partial charge in [0.2, 0.25) is 0 Å². The van der Waals surface area contributed by atoms with Crippen molar-refractivity contribution in [3.05, 3.63) is 82.4 Å². The van der Waals surface area contributed by atoms with E-state index in [4.69, 9.17) is 5.73 Å². The monoisotopic (exact) mass is 686 g/mol. The van der Waals surface area contributed by atoms with Crippen LogP contribution in [-0.2, 0) is 26.8 Å². The van der Waals surface area contributed by atoms with Crippen molar-refractivity contribution in [3.8, 4) is 0 Å². The van der Waals surface area contributed by atoms with Crippen LogP contribution in [0.2, 0.25) is 0 Å². The molecule has 14 heteroatoms. The van der Waals surface area contributed by atoms with Crippen molar-refractivity contribution in [2.24, 2.45) is 0 Å². The fourth-order valence-corrected chi connectivity index (χ4v) is 7.04. The predicted octanol–water partition coefficient (Wildman–Crippen LogP) is 0.0180. The first kappa shape index (κ1) is 40.6. The minimum Gasteiger partial charge on any atom is -0.744 e. The van der Waals surface area contributed by atoms with E-state index >= 15 is 0 Å². The van der Waals surface area contributed by atoms with Crippen LogP contribution in [0.4, 0.5) is 17.1 Å². The zero-order chi connectivity index (χ0) is 32.1. The van der Waals surface area contributed by atoms with Crippen molar-refractivity contribution < 1.29 is 94.6 Å². The molecular formula is C32H36N2Na2O8S2. The van der Waals surface area contributed by atoms with Gasteiger partial charge in [0.25, 0.3) is 0 Å². The van der Waals surface area contributed by atoms with Gasteiger partial charge in [-0.05, 0) is 36.6 Å². The first-order valence-corrected chi connectivity index (χ1v) is 17.6. The van der Waals surface area contributed by atoms with E-state index in [1.165, 1.54) is 81.3 Å². The first-order chi connectivity index (χ1) is 20.9. The molecule has 4 rings (SSSR count). The molecule has 3 aromatic rings. The number of aryl methyl sites for hydroxylation is 1. The number of hydrogen-bond acceptors (Lipinski definition) is 9. The molecule has 0 saturated heterocycles. The summed E-state index contributed by atoms with van der Waals surface area (Å²) in [4.78, 5) is 25.9. The Labute approximate surface area is 315 Å². The largest absolute Gasteiger partial charge is 1.00 e. The van der Waals surface area contributed by atoms with E-state index in [-0.39, 0.29) is 80.2 Å². The molecular weight excluding hydrogens is 650 g/mol. The molecule has 0 heterocycles. The average Bonchev–Trinajstić information content (AvgIpc) is 2.97. The van der Waals surface area contributed by atoms with Gasteiger partial charge in [-0.3, -0.25) is 9.59 Å². The Kier molecular flexibility index (Phi) is 15.6.